The molecule has 0 aliphatic carbocycles. The summed E-state index contributed by atoms with van der Waals surface area (Å²) in [5.74, 6) is -0.691. The highest BCUT2D eigenvalue weighted by Crippen LogP contribution is 2.24. The van der Waals surface area contributed by atoms with Crippen LogP contribution in [0.1, 0.15) is 19.4 Å². The van der Waals surface area contributed by atoms with E-state index in [1.807, 2.05) is 13.8 Å². The van der Waals surface area contributed by atoms with Crippen LogP contribution in [0.2, 0.25) is 0 Å². The van der Waals surface area contributed by atoms with Gasteiger partial charge in [-0.3, -0.25) is 0 Å². The first-order chi connectivity index (χ1) is 8.84. The van der Waals surface area contributed by atoms with Crippen LogP contribution in [-0.4, -0.2) is 37.9 Å². The van der Waals surface area contributed by atoms with Crippen molar-refractivity contribution in [3.05, 3.63) is 29.6 Å². The lowest BCUT2D eigenvalue weighted by Gasteiger charge is -2.37. The molecule has 0 saturated carbocycles. The molecule has 2 atom stereocenters. The van der Waals surface area contributed by atoms with E-state index in [1.165, 1.54) is 16.4 Å². The highest BCUT2D eigenvalue weighted by Gasteiger charge is 2.35. The number of piperazine rings is 1. The van der Waals surface area contributed by atoms with Gasteiger partial charge in [0.25, 0.3) is 0 Å². The van der Waals surface area contributed by atoms with E-state index in [9.17, 15) is 12.8 Å². The molecule has 1 saturated heterocycles. The molecule has 2 rings (SSSR count). The summed E-state index contributed by atoms with van der Waals surface area (Å²) in [5.41, 5.74) is 0.732. The van der Waals surface area contributed by atoms with Crippen molar-refractivity contribution in [1.29, 1.82) is 0 Å². The van der Waals surface area contributed by atoms with Crippen molar-refractivity contribution in [3.63, 3.8) is 0 Å². The Labute approximate surface area is 125 Å². The van der Waals surface area contributed by atoms with Gasteiger partial charge in [-0.25, -0.2) is 12.8 Å². The molecule has 7 heteroatoms. The standard InChI is InChI=1S/C13H19FN2O2S.ClH/c1-9-4-5-12(14)13(8-9)19(17,18)16-7-6-15-10(2)11(16)3;/h4-5,8,10-11,15H,6-7H2,1-3H3;1H. The second-order valence-electron chi connectivity index (χ2n) is 5.03. The fourth-order valence-electron chi connectivity index (χ4n) is 2.30. The number of nitrogens with zero attached hydrogens (tertiary/aromatic N) is 1. The summed E-state index contributed by atoms with van der Waals surface area (Å²) in [6.07, 6.45) is 0. The lowest BCUT2D eigenvalue weighted by Crippen LogP contribution is -2.57. The minimum Gasteiger partial charge on any atom is -0.311 e. The summed E-state index contributed by atoms with van der Waals surface area (Å²) < 4.78 is 40.4. The van der Waals surface area contributed by atoms with E-state index >= 15 is 0 Å². The molecule has 1 aliphatic rings. The van der Waals surface area contributed by atoms with Gasteiger partial charge in [0.2, 0.25) is 10.0 Å². The molecule has 2 unspecified atom stereocenters. The van der Waals surface area contributed by atoms with Gasteiger partial charge in [-0.2, -0.15) is 4.31 Å². The minimum atomic E-state index is -3.78. The molecule has 4 nitrogen and oxygen atoms in total. The normalized spacial score (nSPS) is 24.2. The van der Waals surface area contributed by atoms with Crippen LogP contribution in [0.15, 0.2) is 23.1 Å². The van der Waals surface area contributed by atoms with E-state index in [2.05, 4.69) is 5.32 Å². The number of halogens is 2. The third kappa shape index (κ3) is 3.14. The van der Waals surface area contributed by atoms with Gasteiger partial charge >= 0.3 is 0 Å². The van der Waals surface area contributed by atoms with Gasteiger partial charge in [0.05, 0.1) is 0 Å². The molecule has 20 heavy (non-hydrogen) atoms. The summed E-state index contributed by atoms with van der Waals surface area (Å²) in [5, 5.41) is 3.21. The second-order valence-corrected chi connectivity index (χ2v) is 6.89. The van der Waals surface area contributed by atoms with Crippen molar-refractivity contribution in [2.24, 2.45) is 0 Å². The lowest BCUT2D eigenvalue weighted by molar-refractivity contribution is 0.232. The Balaban J connectivity index is 0.00000200. The fourth-order valence-corrected chi connectivity index (χ4v) is 4.15. The molecule has 1 aromatic rings. The predicted octanol–water partition coefficient (Wildman–Crippen LogP) is 1.93. The second kappa shape index (κ2) is 6.39. The highest BCUT2D eigenvalue weighted by atomic mass is 35.5. The molecular formula is C13H20ClFN2O2S. The summed E-state index contributed by atoms with van der Waals surface area (Å²) in [6, 6.07) is 4.02. The molecule has 0 aromatic heterocycles. The monoisotopic (exact) mass is 322 g/mol. The Hall–Kier alpha value is -0.690. The molecule has 1 fully saturated rings. The summed E-state index contributed by atoms with van der Waals surface area (Å²) in [6.45, 7) is 6.46. The summed E-state index contributed by atoms with van der Waals surface area (Å²) in [7, 11) is -3.78. The molecule has 0 bridgehead atoms. The molecule has 1 heterocycles. The van der Waals surface area contributed by atoms with E-state index in [0.29, 0.717) is 13.1 Å². The Morgan fingerprint density at radius 3 is 2.65 bits per heavy atom. The Morgan fingerprint density at radius 2 is 2.00 bits per heavy atom. The molecular weight excluding hydrogens is 303 g/mol. The zero-order chi connectivity index (χ0) is 14.2. The van der Waals surface area contributed by atoms with Gasteiger partial charge in [0.1, 0.15) is 10.7 Å². The van der Waals surface area contributed by atoms with Crippen molar-refractivity contribution in [1.82, 2.24) is 9.62 Å². The van der Waals surface area contributed by atoms with Crippen LogP contribution >= 0.6 is 12.4 Å². The molecule has 0 amide bonds. The number of rotatable bonds is 2. The molecule has 0 spiro atoms. The van der Waals surface area contributed by atoms with Gasteiger partial charge in [-0.1, -0.05) is 6.07 Å². The SMILES string of the molecule is Cc1ccc(F)c(S(=O)(=O)N2CCNC(C)C2C)c1.Cl. The Kier molecular flexibility index (Phi) is 5.54. The predicted molar refractivity (Wildman–Crippen MR) is 79.2 cm³/mol. The molecule has 0 radical (unpaired) electrons. The molecule has 1 N–H and O–H groups in total. The first-order valence-electron chi connectivity index (χ1n) is 6.35. The third-order valence-electron chi connectivity index (χ3n) is 3.65. The zero-order valence-corrected chi connectivity index (χ0v) is 13.4. The van der Waals surface area contributed by atoms with Crippen molar-refractivity contribution in [2.75, 3.05) is 13.1 Å². The number of aryl methyl sites for hydroxylation is 1. The van der Waals surface area contributed by atoms with Gasteiger partial charge in [-0.05, 0) is 38.5 Å². The topological polar surface area (TPSA) is 49.4 Å². The average molecular weight is 323 g/mol. The van der Waals surface area contributed by atoms with Crippen LogP contribution in [0.4, 0.5) is 4.39 Å². The van der Waals surface area contributed by atoms with E-state index in [0.717, 1.165) is 5.56 Å². The van der Waals surface area contributed by atoms with E-state index < -0.39 is 15.8 Å². The highest BCUT2D eigenvalue weighted by molar-refractivity contribution is 7.89. The Morgan fingerprint density at radius 1 is 1.35 bits per heavy atom. The lowest BCUT2D eigenvalue weighted by atomic mass is 10.1. The van der Waals surface area contributed by atoms with Crippen molar-refractivity contribution < 1.29 is 12.8 Å². The number of nitrogens with one attached hydrogen (secondary N) is 1. The van der Waals surface area contributed by atoms with Crippen LogP contribution in [0, 0.1) is 12.7 Å². The Bertz CT molecular complexity index is 580. The van der Waals surface area contributed by atoms with Gasteiger partial charge in [-0.15, -0.1) is 12.4 Å². The maximum atomic E-state index is 13.8. The third-order valence-corrected chi connectivity index (χ3v) is 5.65. The van der Waals surface area contributed by atoms with Crippen LogP contribution in [0.5, 0.6) is 0 Å². The number of benzene rings is 1. The minimum absolute atomic E-state index is 0. The van der Waals surface area contributed by atoms with Gasteiger partial charge in [0.15, 0.2) is 0 Å². The number of hydrogen-bond donors (Lipinski definition) is 1. The maximum Gasteiger partial charge on any atom is 0.246 e. The summed E-state index contributed by atoms with van der Waals surface area (Å²) >= 11 is 0. The van der Waals surface area contributed by atoms with Crippen molar-refractivity contribution in [3.8, 4) is 0 Å². The first-order valence-corrected chi connectivity index (χ1v) is 7.79. The maximum absolute atomic E-state index is 13.8. The number of hydrogen-bond acceptors (Lipinski definition) is 3. The van der Waals surface area contributed by atoms with E-state index in [-0.39, 0.29) is 29.4 Å². The average Bonchev–Trinajstić information content (AvgIpc) is 2.35. The van der Waals surface area contributed by atoms with Crippen LogP contribution < -0.4 is 5.32 Å². The molecule has 114 valence electrons. The first kappa shape index (κ1) is 17.4. The van der Waals surface area contributed by atoms with Gasteiger partial charge in [0, 0.05) is 25.2 Å². The zero-order valence-electron chi connectivity index (χ0n) is 11.8. The van der Waals surface area contributed by atoms with Crippen LogP contribution in [-0.2, 0) is 10.0 Å². The van der Waals surface area contributed by atoms with Crippen molar-refractivity contribution >= 4 is 22.4 Å². The molecule has 1 aliphatic heterocycles. The smallest absolute Gasteiger partial charge is 0.246 e. The van der Waals surface area contributed by atoms with Crippen LogP contribution in [0.3, 0.4) is 0 Å². The van der Waals surface area contributed by atoms with Gasteiger partial charge < -0.3 is 5.32 Å². The largest absolute Gasteiger partial charge is 0.311 e. The fraction of sp³-hybridized carbons (Fsp3) is 0.538. The summed E-state index contributed by atoms with van der Waals surface area (Å²) in [4.78, 5) is -0.228. The van der Waals surface area contributed by atoms with Crippen LogP contribution in [0.25, 0.3) is 0 Å². The number of sulfonamides is 1. The quantitative estimate of drug-likeness (QED) is 0.905. The van der Waals surface area contributed by atoms with E-state index in [1.54, 1.807) is 13.0 Å². The molecule has 1 aromatic carbocycles. The van der Waals surface area contributed by atoms with E-state index in [4.69, 9.17) is 0 Å². The van der Waals surface area contributed by atoms with Crippen molar-refractivity contribution in [2.45, 2.75) is 37.8 Å².